The minimum atomic E-state index is 0.739. The number of pyridine rings is 1. The van der Waals surface area contributed by atoms with E-state index in [1.165, 1.54) is 22.1 Å². The minimum Gasteiger partial charge on any atom is -0.247 e. The highest BCUT2D eigenvalue weighted by atomic mass is 35.5. The molecular weight excluding hydrogens is 290 g/mol. The number of benzene rings is 2. The van der Waals surface area contributed by atoms with E-state index >= 15 is 0 Å². The van der Waals surface area contributed by atoms with E-state index in [-0.39, 0.29) is 0 Å². The van der Waals surface area contributed by atoms with Crippen molar-refractivity contribution >= 4 is 22.5 Å². The van der Waals surface area contributed by atoms with Crippen molar-refractivity contribution in [1.82, 2.24) is 4.98 Å². The van der Waals surface area contributed by atoms with Crippen LogP contribution < -0.4 is 0 Å². The summed E-state index contributed by atoms with van der Waals surface area (Å²) < 4.78 is 0. The van der Waals surface area contributed by atoms with Gasteiger partial charge in [-0.1, -0.05) is 41.4 Å². The number of nitrogens with zero attached hydrogens (tertiary/aromatic N) is 1. The Balaban J connectivity index is 2.28. The molecule has 0 aliphatic heterocycles. The monoisotopic (exact) mass is 307 g/mol. The van der Waals surface area contributed by atoms with Gasteiger partial charge in [0.05, 0.1) is 11.2 Å². The molecule has 0 aliphatic carbocycles. The molecule has 3 aromatic rings. The standard InChI is InChI=1S/C20H18ClN/c1-4-5-16-12-19(15-6-8-17(21)9-7-15)22-20-14(3)10-13(2)11-18(16)20/h4,6-12H,1,5H2,2-3H3. The highest BCUT2D eigenvalue weighted by molar-refractivity contribution is 6.30. The molecule has 110 valence electrons. The summed E-state index contributed by atoms with van der Waals surface area (Å²) in [6.07, 6.45) is 2.78. The molecule has 3 rings (SSSR count). The lowest BCUT2D eigenvalue weighted by molar-refractivity contribution is 1.25. The van der Waals surface area contributed by atoms with Gasteiger partial charge in [0.2, 0.25) is 0 Å². The molecule has 0 aliphatic rings. The Labute approximate surface area is 136 Å². The van der Waals surface area contributed by atoms with Gasteiger partial charge in [0, 0.05) is 16.0 Å². The zero-order chi connectivity index (χ0) is 15.7. The third-order valence-corrected chi connectivity index (χ3v) is 4.09. The summed E-state index contributed by atoms with van der Waals surface area (Å²) in [5.41, 5.74) is 6.85. The predicted octanol–water partition coefficient (Wildman–Crippen LogP) is 5.90. The molecule has 0 amide bonds. The Morgan fingerprint density at radius 2 is 1.82 bits per heavy atom. The van der Waals surface area contributed by atoms with Crippen molar-refractivity contribution in [2.24, 2.45) is 0 Å². The van der Waals surface area contributed by atoms with Gasteiger partial charge in [0.1, 0.15) is 0 Å². The van der Waals surface area contributed by atoms with Crippen LogP contribution in [-0.4, -0.2) is 4.98 Å². The maximum absolute atomic E-state index is 5.98. The molecule has 0 saturated heterocycles. The van der Waals surface area contributed by atoms with Crippen molar-refractivity contribution in [3.8, 4) is 11.3 Å². The van der Waals surface area contributed by atoms with Crippen molar-refractivity contribution in [2.45, 2.75) is 20.3 Å². The SMILES string of the molecule is C=CCc1cc(-c2ccc(Cl)cc2)nc2c(C)cc(C)cc12. The number of aromatic nitrogens is 1. The van der Waals surface area contributed by atoms with Crippen LogP contribution in [0.15, 0.2) is 55.1 Å². The number of halogens is 1. The van der Waals surface area contributed by atoms with Crippen LogP contribution >= 0.6 is 11.6 Å². The van der Waals surface area contributed by atoms with Crippen molar-refractivity contribution in [1.29, 1.82) is 0 Å². The zero-order valence-corrected chi connectivity index (χ0v) is 13.6. The van der Waals surface area contributed by atoms with Crippen LogP contribution in [0.25, 0.3) is 22.2 Å². The van der Waals surface area contributed by atoms with E-state index in [0.29, 0.717) is 0 Å². The summed E-state index contributed by atoms with van der Waals surface area (Å²) in [4.78, 5) is 4.88. The fourth-order valence-corrected chi connectivity index (χ4v) is 2.97. The lowest BCUT2D eigenvalue weighted by Crippen LogP contribution is -1.95. The molecule has 1 aromatic heterocycles. The smallest absolute Gasteiger partial charge is 0.0741 e. The first-order chi connectivity index (χ1) is 10.6. The quantitative estimate of drug-likeness (QED) is 0.549. The van der Waals surface area contributed by atoms with E-state index in [2.05, 4.69) is 38.6 Å². The largest absolute Gasteiger partial charge is 0.247 e. The number of allylic oxidation sites excluding steroid dienone is 1. The molecule has 0 unspecified atom stereocenters. The van der Waals surface area contributed by atoms with Gasteiger partial charge >= 0.3 is 0 Å². The van der Waals surface area contributed by atoms with Gasteiger partial charge in [-0.15, -0.1) is 6.58 Å². The van der Waals surface area contributed by atoms with Crippen molar-refractivity contribution in [2.75, 3.05) is 0 Å². The summed E-state index contributed by atoms with van der Waals surface area (Å²) in [7, 11) is 0. The Bertz CT molecular complexity index is 848. The van der Waals surface area contributed by atoms with Gasteiger partial charge in [-0.3, -0.25) is 0 Å². The van der Waals surface area contributed by atoms with Crippen molar-refractivity contribution in [3.63, 3.8) is 0 Å². The first-order valence-electron chi connectivity index (χ1n) is 7.36. The Morgan fingerprint density at radius 1 is 1.09 bits per heavy atom. The van der Waals surface area contributed by atoms with Crippen molar-refractivity contribution in [3.05, 3.63) is 76.8 Å². The van der Waals surface area contributed by atoms with E-state index in [4.69, 9.17) is 16.6 Å². The van der Waals surface area contributed by atoms with Gasteiger partial charge in [-0.2, -0.15) is 0 Å². The summed E-state index contributed by atoms with van der Waals surface area (Å²) in [5.74, 6) is 0. The molecule has 2 heteroatoms. The topological polar surface area (TPSA) is 12.9 Å². The fourth-order valence-electron chi connectivity index (χ4n) is 2.84. The molecule has 0 radical (unpaired) electrons. The van der Waals surface area contributed by atoms with E-state index in [9.17, 15) is 0 Å². The molecule has 22 heavy (non-hydrogen) atoms. The third-order valence-electron chi connectivity index (χ3n) is 3.84. The second-order valence-electron chi connectivity index (χ2n) is 5.64. The third kappa shape index (κ3) is 2.77. The number of hydrogen-bond donors (Lipinski definition) is 0. The molecule has 0 N–H and O–H groups in total. The molecule has 0 fully saturated rings. The van der Waals surface area contributed by atoms with Gasteiger partial charge in [0.25, 0.3) is 0 Å². The highest BCUT2D eigenvalue weighted by Gasteiger charge is 2.09. The van der Waals surface area contributed by atoms with E-state index in [0.717, 1.165) is 28.2 Å². The number of rotatable bonds is 3. The van der Waals surface area contributed by atoms with E-state index in [1.807, 2.05) is 30.3 Å². The van der Waals surface area contributed by atoms with Gasteiger partial charge in [-0.25, -0.2) is 4.98 Å². The van der Waals surface area contributed by atoms with Gasteiger partial charge in [0.15, 0.2) is 0 Å². The second kappa shape index (κ2) is 5.94. The maximum atomic E-state index is 5.98. The van der Waals surface area contributed by atoms with Crippen LogP contribution in [0, 0.1) is 13.8 Å². The molecule has 0 atom stereocenters. The van der Waals surface area contributed by atoms with Crippen molar-refractivity contribution < 1.29 is 0 Å². The predicted molar refractivity (Wildman–Crippen MR) is 95.6 cm³/mol. The van der Waals surface area contributed by atoms with Gasteiger partial charge < -0.3 is 0 Å². The molecule has 0 bridgehead atoms. The van der Waals surface area contributed by atoms with Crippen LogP contribution in [0.2, 0.25) is 5.02 Å². The average molecular weight is 308 g/mol. The van der Waals surface area contributed by atoms with Crippen LogP contribution in [0.3, 0.4) is 0 Å². The molecule has 1 nitrogen and oxygen atoms in total. The molecule has 2 aromatic carbocycles. The summed E-state index contributed by atoms with van der Waals surface area (Å²) >= 11 is 5.98. The van der Waals surface area contributed by atoms with Crippen LogP contribution in [0.4, 0.5) is 0 Å². The summed E-state index contributed by atoms with van der Waals surface area (Å²) in [6, 6.07) is 14.4. The van der Waals surface area contributed by atoms with E-state index < -0.39 is 0 Å². The Kier molecular flexibility index (Phi) is 4.00. The number of hydrogen-bond acceptors (Lipinski definition) is 1. The van der Waals surface area contributed by atoms with Crippen LogP contribution in [0.5, 0.6) is 0 Å². The number of fused-ring (bicyclic) bond motifs is 1. The minimum absolute atomic E-state index is 0.739. The van der Waals surface area contributed by atoms with E-state index in [1.54, 1.807) is 0 Å². The Hall–Kier alpha value is -2.12. The lowest BCUT2D eigenvalue weighted by Gasteiger charge is -2.12. The van der Waals surface area contributed by atoms with Crippen LogP contribution in [0.1, 0.15) is 16.7 Å². The Morgan fingerprint density at radius 3 is 2.50 bits per heavy atom. The molecule has 0 spiro atoms. The number of aryl methyl sites for hydroxylation is 2. The second-order valence-corrected chi connectivity index (χ2v) is 6.08. The summed E-state index contributed by atoms with van der Waals surface area (Å²) in [6.45, 7) is 8.12. The first kappa shape index (κ1) is 14.8. The summed E-state index contributed by atoms with van der Waals surface area (Å²) in [5, 5.41) is 1.96. The molecule has 1 heterocycles. The molecular formula is C20H18ClN. The zero-order valence-electron chi connectivity index (χ0n) is 12.9. The normalized spacial score (nSPS) is 10.9. The fraction of sp³-hybridized carbons (Fsp3) is 0.150. The van der Waals surface area contributed by atoms with Crippen LogP contribution in [-0.2, 0) is 6.42 Å². The maximum Gasteiger partial charge on any atom is 0.0741 e. The average Bonchev–Trinajstić information content (AvgIpc) is 2.49. The first-order valence-corrected chi connectivity index (χ1v) is 7.74. The lowest BCUT2D eigenvalue weighted by atomic mass is 9.98. The van der Waals surface area contributed by atoms with Gasteiger partial charge in [-0.05, 0) is 55.7 Å². The molecule has 0 saturated carbocycles. The highest BCUT2D eigenvalue weighted by Crippen LogP contribution is 2.28.